The van der Waals surface area contributed by atoms with Gasteiger partial charge in [-0.3, -0.25) is 4.79 Å². The Hall–Kier alpha value is -3.16. The molecule has 1 saturated heterocycles. The Balaban J connectivity index is 1.45. The van der Waals surface area contributed by atoms with E-state index in [9.17, 15) is 9.35 Å². The third-order valence-corrected chi connectivity index (χ3v) is 6.73. The van der Waals surface area contributed by atoms with Crippen LogP contribution in [0.4, 0.5) is 11.4 Å². The van der Waals surface area contributed by atoms with Crippen LogP contribution in [0.2, 0.25) is 0 Å². The minimum atomic E-state index is -1.45. The number of rotatable bonds is 6. The number of nitrogens with one attached hydrogen (secondary N) is 1. The van der Waals surface area contributed by atoms with Gasteiger partial charge in [0.15, 0.2) is 4.90 Å². The van der Waals surface area contributed by atoms with Gasteiger partial charge in [0.2, 0.25) is 0 Å². The number of anilines is 2. The molecule has 1 amide bonds. The molecule has 32 heavy (non-hydrogen) atoms. The highest BCUT2D eigenvalue weighted by Gasteiger charge is 2.26. The lowest BCUT2D eigenvalue weighted by Crippen LogP contribution is -2.49. The number of hydrogen-bond acceptors (Lipinski definition) is 5. The molecule has 1 aliphatic rings. The molecule has 1 aliphatic heterocycles. The number of carbonyl (C=O) groups is 1. The number of benzene rings is 3. The van der Waals surface area contributed by atoms with Crippen molar-refractivity contribution in [2.75, 3.05) is 42.9 Å². The van der Waals surface area contributed by atoms with Gasteiger partial charge in [0.25, 0.3) is 5.91 Å². The van der Waals surface area contributed by atoms with E-state index >= 15 is 0 Å². The number of methoxy groups -OCH3 is 1. The molecule has 3 aromatic rings. The second-order valence-corrected chi connectivity index (χ2v) is 8.88. The summed E-state index contributed by atoms with van der Waals surface area (Å²) in [6.07, 6.45) is 0. The average Bonchev–Trinajstić information content (AvgIpc) is 2.84. The van der Waals surface area contributed by atoms with Crippen LogP contribution in [-0.2, 0) is 11.4 Å². The first-order valence-electron chi connectivity index (χ1n) is 10.6. The third kappa shape index (κ3) is 4.84. The smallest absolute Gasteiger partial charge is 0.254 e. The van der Waals surface area contributed by atoms with Gasteiger partial charge < -0.3 is 19.1 Å². The summed E-state index contributed by atoms with van der Waals surface area (Å²) in [5.41, 5.74) is 3.29. The minimum absolute atomic E-state index is 0.0271. The van der Waals surface area contributed by atoms with Crippen LogP contribution >= 0.6 is 0 Å². The molecule has 4 rings (SSSR count). The highest BCUT2D eigenvalue weighted by atomic mass is 32.2. The van der Waals surface area contributed by atoms with Crippen molar-refractivity contribution in [2.24, 2.45) is 0 Å². The van der Waals surface area contributed by atoms with Crippen LogP contribution in [0.25, 0.3) is 0 Å². The first-order valence-corrected chi connectivity index (χ1v) is 11.7. The van der Waals surface area contributed by atoms with Crippen molar-refractivity contribution in [3.8, 4) is 5.75 Å². The molecule has 0 spiro atoms. The summed E-state index contributed by atoms with van der Waals surface area (Å²) in [4.78, 5) is 18.0. The quantitative estimate of drug-likeness (QED) is 0.574. The molecule has 1 fully saturated rings. The molecular formula is C25H27N3O3S. The zero-order valence-corrected chi connectivity index (χ0v) is 19.1. The molecule has 1 N–H and O–H groups in total. The van der Waals surface area contributed by atoms with E-state index in [-0.39, 0.29) is 5.91 Å². The molecule has 0 saturated carbocycles. The largest absolute Gasteiger partial charge is 0.588 e. The predicted octanol–water partition coefficient (Wildman–Crippen LogP) is 4.10. The Kier molecular flexibility index (Phi) is 6.87. The van der Waals surface area contributed by atoms with Crippen molar-refractivity contribution in [3.63, 3.8) is 0 Å². The standard InChI is InChI=1S/C25H27N3O3S/c1-19-12-13-21(32(30)26-20-8-4-3-5-9-20)18-22(19)25(29)28-16-14-27(15-17-28)23-10-6-7-11-24(23)31-2/h3-13,18,26H,14-17H2,1-2H3. The first-order chi connectivity index (χ1) is 15.6. The summed E-state index contributed by atoms with van der Waals surface area (Å²) in [6.45, 7) is 4.60. The molecule has 3 aromatic carbocycles. The zero-order chi connectivity index (χ0) is 22.5. The van der Waals surface area contributed by atoms with Crippen LogP contribution in [0, 0.1) is 6.92 Å². The Morgan fingerprint density at radius 1 is 0.969 bits per heavy atom. The van der Waals surface area contributed by atoms with Gasteiger partial charge in [0.1, 0.15) is 17.1 Å². The number of amides is 1. The highest BCUT2D eigenvalue weighted by Crippen LogP contribution is 2.29. The fourth-order valence-electron chi connectivity index (χ4n) is 3.83. The first kappa shape index (κ1) is 22.0. The summed E-state index contributed by atoms with van der Waals surface area (Å²) in [5, 5.41) is 0. The fourth-order valence-corrected chi connectivity index (χ4v) is 4.72. The Morgan fingerprint density at radius 2 is 1.66 bits per heavy atom. The molecule has 1 unspecified atom stereocenters. The van der Waals surface area contributed by atoms with Crippen molar-refractivity contribution in [2.45, 2.75) is 11.8 Å². The van der Waals surface area contributed by atoms with Crippen molar-refractivity contribution >= 4 is 28.6 Å². The molecule has 166 valence electrons. The summed E-state index contributed by atoms with van der Waals surface area (Å²) >= 11 is -1.45. The molecular weight excluding hydrogens is 422 g/mol. The fraction of sp³-hybridized carbons (Fsp3) is 0.240. The Bertz CT molecular complexity index is 1070. The van der Waals surface area contributed by atoms with E-state index in [2.05, 4.69) is 9.62 Å². The monoisotopic (exact) mass is 449 g/mol. The van der Waals surface area contributed by atoms with Gasteiger partial charge in [-0.2, -0.15) is 0 Å². The van der Waals surface area contributed by atoms with E-state index < -0.39 is 11.4 Å². The van der Waals surface area contributed by atoms with Crippen molar-refractivity contribution < 1.29 is 14.1 Å². The number of piperazine rings is 1. The number of nitrogens with zero attached hydrogens (tertiary/aromatic N) is 2. The third-order valence-electron chi connectivity index (χ3n) is 5.63. The number of para-hydroxylation sites is 3. The van der Waals surface area contributed by atoms with E-state index in [0.717, 1.165) is 35.8 Å². The molecule has 0 aliphatic carbocycles. The molecule has 7 heteroatoms. The maximum atomic E-state index is 13.3. The lowest BCUT2D eigenvalue weighted by molar-refractivity contribution is 0.0745. The van der Waals surface area contributed by atoms with E-state index in [1.54, 1.807) is 19.2 Å². The van der Waals surface area contributed by atoms with Gasteiger partial charge in [-0.15, -0.1) is 0 Å². The maximum absolute atomic E-state index is 13.3. The number of carbonyl (C=O) groups excluding carboxylic acids is 1. The lowest BCUT2D eigenvalue weighted by Gasteiger charge is -2.36. The second kappa shape index (κ2) is 9.97. The maximum Gasteiger partial charge on any atom is 0.254 e. The molecule has 0 aromatic heterocycles. The van der Waals surface area contributed by atoms with Crippen LogP contribution in [0.15, 0.2) is 77.7 Å². The summed E-state index contributed by atoms with van der Waals surface area (Å²) in [5.74, 6) is 0.810. The number of hydrogen-bond donors (Lipinski definition) is 1. The van der Waals surface area contributed by atoms with E-state index in [1.165, 1.54) is 0 Å². The van der Waals surface area contributed by atoms with Gasteiger partial charge in [0, 0.05) is 37.8 Å². The highest BCUT2D eigenvalue weighted by molar-refractivity contribution is 7.92. The van der Waals surface area contributed by atoms with Crippen molar-refractivity contribution in [1.82, 2.24) is 4.90 Å². The summed E-state index contributed by atoms with van der Waals surface area (Å²) in [6, 6.07) is 22.7. The van der Waals surface area contributed by atoms with Crippen LogP contribution in [0.1, 0.15) is 15.9 Å². The second-order valence-electron chi connectivity index (χ2n) is 7.66. The lowest BCUT2D eigenvalue weighted by atomic mass is 10.1. The van der Waals surface area contributed by atoms with Crippen LogP contribution in [0.3, 0.4) is 0 Å². The molecule has 6 nitrogen and oxygen atoms in total. The topological polar surface area (TPSA) is 67.9 Å². The average molecular weight is 450 g/mol. The van der Waals surface area contributed by atoms with E-state index in [1.807, 2.05) is 72.5 Å². The van der Waals surface area contributed by atoms with E-state index in [0.29, 0.717) is 23.5 Å². The number of aryl methyl sites for hydroxylation is 1. The zero-order valence-electron chi connectivity index (χ0n) is 18.3. The number of ether oxygens (including phenoxy) is 1. The van der Waals surface area contributed by atoms with Gasteiger partial charge in [0.05, 0.1) is 18.5 Å². The summed E-state index contributed by atoms with van der Waals surface area (Å²) < 4.78 is 21.3. The molecule has 1 heterocycles. The van der Waals surface area contributed by atoms with Crippen LogP contribution in [-0.4, -0.2) is 48.6 Å². The minimum Gasteiger partial charge on any atom is -0.588 e. The van der Waals surface area contributed by atoms with Gasteiger partial charge in [-0.05, 0) is 42.8 Å². The summed E-state index contributed by atoms with van der Waals surface area (Å²) in [7, 11) is 1.67. The molecule has 0 bridgehead atoms. The van der Waals surface area contributed by atoms with Crippen LogP contribution < -0.4 is 14.4 Å². The van der Waals surface area contributed by atoms with Crippen molar-refractivity contribution in [1.29, 1.82) is 0 Å². The SMILES string of the molecule is COc1ccccc1N1CCN(C(=O)c2cc([S+]([O-])Nc3ccccc3)ccc2C)CC1. The van der Waals surface area contributed by atoms with Gasteiger partial charge in [-0.25, -0.2) is 4.72 Å². The predicted molar refractivity (Wildman–Crippen MR) is 129 cm³/mol. The van der Waals surface area contributed by atoms with Crippen LogP contribution in [0.5, 0.6) is 5.75 Å². The van der Waals surface area contributed by atoms with Gasteiger partial charge in [-0.1, -0.05) is 36.4 Å². The molecule has 0 radical (unpaired) electrons. The van der Waals surface area contributed by atoms with Crippen molar-refractivity contribution in [3.05, 3.63) is 83.9 Å². The molecule has 1 atom stereocenters. The van der Waals surface area contributed by atoms with Gasteiger partial charge >= 0.3 is 0 Å². The Morgan fingerprint density at radius 3 is 2.38 bits per heavy atom. The normalized spacial score (nSPS) is 14.7. The van der Waals surface area contributed by atoms with E-state index in [4.69, 9.17) is 4.74 Å². The Labute approximate surface area is 192 Å².